The molecule has 2 aliphatic rings. The van der Waals surface area contributed by atoms with Crippen LogP contribution in [0.5, 0.6) is 11.5 Å². The largest absolute Gasteiger partial charge is 0.505 e. The Morgan fingerprint density at radius 3 is 2.03 bits per heavy atom. The predicted octanol–water partition coefficient (Wildman–Crippen LogP) is 12.5. The fraction of sp³-hybridized carbons (Fsp3) is 0.265. The summed E-state index contributed by atoms with van der Waals surface area (Å²) in [5.74, 6) is 0.780. The number of fused-ring (bicyclic) bond motifs is 2. The molecule has 0 fully saturated rings. The predicted molar refractivity (Wildman–Crippen MR) is 247 cm³/mol. The van der Waals surface area contributed by atoms with E-state index in [1.54, 1.807) is 22.6 Å². The van der Waals surface area contributed by atoms with Crippen molar-refractivity contribution in [2.45, 2.75) is 84.5 Å². The van der Waals surface area contributed by atoms with Gasteiger partial charge >= 0.3 is 0 Å². The van der Waals surface area contributed by atoms with Gasteiger partial charge in [-0.2, -0.15) is 0 Å². The monoisotopic (exact) mass is 820 g/mol. The van der Waals surface area contributed by atoms with Crippen LogP contribution in [0.2, 0.25) is 0 Å². The van der Waals surface area contributed by atoms with Gasteiger partial charge in [-0.15, -0.1) is 30.0 Å². The first-order chi connectivity index (χ1) is 27.9. The van der Waals surface area contributed by atoms with E-state index in [0.717, 1.165) is 49.5 Å². The third-order valence-electron chi connectivity index (χ3n) is 10.4. The smallest absolute Gasteiger partial charge is 0.146 e. The summed E-state index contributed by atoms with van der Waals surface area (Å²) in [4.78, 5) is 6.20. The van der Waals surface area contributed by atoms with Gasteiger partial charge in [0.05, 0.1) is 0 Å². The second-order valence-corrected chi connectivity index (χ2v) is 19.4. The Balaban J connectivity index is 0.976. The molecule has 1 atom stereocenters. The van der Waals surface area contributed by atoms with E-state index in [0.29, 0.717) is 28.7 Å². The van der Waals surface area contributed by atoms with E-state index in [1.165, 1.54) is 38.2 Å². The van der Waals surface area contributed by atoms with Crippen LogP contribution < -0.4 is 0 Å². The SMILES string of the molecule is C=Cc1nn(-c2cc(C)cc(C(C)(C)C)c2O)nc1/C=C/SC(=C)/C=C\C(=C/C)CC1=C2C=C(Sc3ccc4nn(-c5cc(C)cc(C(C)(C)C)c5O)nc4c3)C=C[C@H]21. The van der Waals surface area contributed by atoms with Gasteiger partial charge in [0.1, 0.15) is 45.3 Å². The standard InChI is InChI=1S/C49H52N6O2S2/c1-12-32(15-14-31(5)58-21-20-42-40(13-2)50-54(52-42)44-24-29(3)22-38(46(44)56)48(6,7)8)26-36-35-18-16-33(27-37(35)36)59-34-17-19-41-43(28-34)53-55(51-41)45-25-30(4)23-39(47(45)57)49(9,10)11/h12-25,27-28,35,56-57H,2,5,26H2,1,3-4,6-11H3/b15-14-,21-20+,32-12+/t35-/m0/s1. The fourth-order valence-electron chi connectivity index (χ4n) is 7.15. The van der Waals surface area contributed by atoms with Crippen molar-refractivity contribution in [2.75, 3.05) is 0 Å². The summed E-state index contributed by atoms with van der Waals surface area (Å²) in [6.07, 6.45) is 17.6. The van der Waals surface area contributed by atoms with Crippen LogP contribution in [0.4, 0.5) is 0 Å². The van der Waals surface area contributed by atoms with Crippen LogP contribution in [0, 0.1) is 19.8 Å². The first-order valence-corrected chi connectivity index (χ1v) is 21.4. The van der Waals surface area contributed by atoms with Crippen LogP contribution >= 0.6 is 23.5 Å². The number of aromatic hydroxyl groups is 2. The van der Waals surface area contributed by atoms with E-state index in [-0.39, 0.29) is 22.3 Å². The number of benzene rings is 3. The number of nitrogens with zero attached hydrogens (tertiary/aromatic N) is 6. The van der Waals surface area contributed by atoms with Crippen LogP contribution in [0.25, 0.3) is 34.6 Å². The molecular formula is C49H52N6O2S2. The molecule has 2 N–H and O–H groups in total. The van der Waals surface area contributed by atoms with Crippen LogP contribution in [-0.4, -0.2) is 40.2 Å². The summed E-state index contributed by atoms with van der Waals surface area (Å²) >= 11 is 3.23. The van der Waals surface area contributed by atoms with Crippen molar-refractivity contribution >= 4 is 46.7 Å². The minimum absolute atomic E-state index is 0.179. The Bertz CT molecular complexity index is 2710. The number of rotatable bonds is 12. The van der Waals surface area contributed by atoms with E-state index in [9.17, 15) is 10.2 Å². The first-order valence-electron chi connectivity index (χ1n) is 19.8. The summed E-state index contributed by atoms with van der Waals surface area (Å²) in [6, 6.07) is 14.0. The second kappa shape index (κ2) is 16.2. The molecule has 5 aromatic rings. The molecule has 0 spiro atoms. The Morgan fingerprint density at radius 1 is 0.814 bits per heavy atom. The van der Waals surface area contributed by atoms with Gasteiger partial charge in [0.2, 0.25) is 0 Å². The van der Waals surface area contributed by atoms with E-state index in [1.807, 2.05) is 55.7 Å². The number of phenolic OH excluding ortho intramolecular Hbond substituents is 2. The molecule has 302 valence electrons. The number of hydrogen-bond acceptors (Lipinski definition) is 8. The molecule has 2 aromatic heterocycles. The lowest BCUT2D eigenvalue weighted by molar-refractivity contribution is 0.439. The number of thioether (sulfide) groups is 2. The molecule has 3 aromatic carbocycles. The molecule has 10 heteroatoms. The van der Waals surface area contributed by atoms with Crippen LogP contribution in [0.15, 0.2) is 129 Å². The summed E-state index contributed by atoms with van der Waals surface area (Å²) in [6.45, 7) is 26.8. The molecule has 0 saturated carbocycles. The molecule has 0 radical (unpaired) electrons. The quantitative estimate of drug-likeness (QED) is 0.120. The third kappa shape index (κ3) is 9.04. The van der Waals surface area contributed by atoms with Crippen molar-refractivity contribution in [3.05, 3.63) is 158 Å². The zero-order valence-electron chi connectivity index (χ0n) is 35.3. The lowest BCUT2D eigenvalue weighted by Gasteiger charge is -2.22. The summed E-state index contributed by atoms with van der Waals surface area (Å²) in [5.41, 5.74) is 11.4. The van der Waals surface area contributed by atoms with Crippen LogP contribution in [0.3, 0.4) is 0 Å². The Kier molecular flexibility index (Phi) is 11.4. The molecule has 0 unspecified atom stereocenters. The van der Waals surface area contributed by atoms with E-state index < -0.39 is 0 Å². The molecular weight excluding hydrogens is 769 g/mol. The van der Waals surface area contributed by atoms with Gasteiger partial charge in [0.15, 0.2) is 0 Å². The lowest BCUT2D eigenvalue weighted by Crippen LogP contribution is -2.13. The van der Waals surface area contributed by atoms with Crippen molar-refractivity contribution in [1.29, 1.82) is 0 Å². The second-order valence-electron chi connectivity index (χ2n) is 17.2. The molecule has 8 nitrogen and oxygen atoms in total. The topological polar surface area (TPSA) is 102 Å². The average molecular weight is 821 g/mol. The number of allylic oxidation sites excluding steroid dienone is 9. The highest BCUT2D eigenvalue weighted by Crippen LogP contribution is 2.50. The molecule has 0 aliphatic heterocycles. The van der Waals surface area contributed by atoms with Gasteiger partial charge < -0.3 is 10.2 Å². The van der Waals surface area contributed by atoms with Gasteiger partial charge in [-0.1, -0.05) is 120 Å². The summed E-state index contributed by atoms with van der Waals surface area (Å²) in [7, 11) is 0. The molecule has 2 heterocycles. The first kappa shape index (κ1) is 41.6. The van der Waals surface area contributed by atoms with E-state index >= 15 is 0 Å². The number of aryl methyl sites for hydroxylation is 2. The minimum Gasteiger partial charge on any atom is -0.505 e. The maximum absolute atomic E-state index is 11.2. The Morgan fingerprint density at radius 2 is 1.42 bits per heavy atom. The van der Waals surface area contributed by atoms with Crippen LogP contribution in [0.1, 0.15) is 88.5 Å². The fourth-order valence-corrected chi connectivity index (χ4v) is 8.58. The maximum atomic E-state index is 11.2. The number of hydrogen-bond donors (Lipinski definition) is 2. The van der Waals surface area contributed by atoms with E-state index in [4.69, 9.17) is 10.2 Å². The molecule has 0 amide bonds. The molecule has 0 bridgehead atoms. The summed E-state index contributed by atoms with van der Waals surface area (Å²) in [5, 5.41) is 43.0. The van der Waals surface area contributed by atoms with E-state index in [2.05, 4.69) is 120 Å². The third-order valence-corrected chi connectivity index (χ3v) is 12.1. The highest BCUT2D eigenvalue weighted by Gasteiger charge is 2.34. The van der Waals surface area contributed by atoms with Gasteiger partial charge in [0.25, 0.3) is 0 Å². The van der Waals surface area contributed by atoms with Gasteiger partial charge in [0, 0.05) is 31.8 Å². The number of aromatic nitrogens is 6. The zero-order valence-corrected chi connectivity index (χ0v) is 37.0. The van der Waals surface area contributed by atoms with Crippen molar-refractivity contribution in [3.8, 4) is 22.9 Å². The Labute approximate surface area is 356 Å². The van der Waals surface area contributed by atoms with Crippen LogP contribution in [-0.2, 0) is 10.8 Å². The van der Waals surface area contributed by atoms with Crippen molar-refractivity contribution < 1.29 is 10.2 Å². The van der Waals surface area contributed by atoms with Gasteiger partial charge in [-0.3, -0.25) is 0 Å². The zero-order chi connectivity index (χ0) is 42.4. The average Bonchev–Trinajstić information content (AvgIpc) is 3.44. The highest BCUT2D eigenvalue weighted by atomic mass is 32.2. The van der Waals surface area contributed by atoms with Gasteiger partial charge in [-0.25, -0.2) is 0 Å². The molecule has 2 aliphatic carbocycles. The number of phenols is 2. The van der Waals surface area contributed by atoms with Crippen molar-refractivity contribution in [3.63, 3.8) is 0 Å². The molecule has 7 rings (SSSR count). The van der Waals surface area contributed by atoms with Crippen molar-refractivity contribution in [2.24, 2.45) is 5.92 Å². The molecule has 59 heavy (non-hydrogen) atoms. The van der Waals surface area contributed by atoms with Gasteiger partial charge in [-0.05, 0) is 120 Å². The summed E-state index contributed by atoms with van der Waals surface area (Å²) < 4.78 is 0. The maximum Gasteiger partial charge on any atom is 0.146 e. The Hall–Kier alpha value is -5.58. The lowest BCUT2D eigenvalue weighted by atomic mass is 9.85. The molecule has 0 saturated heterocycles. The van der Waals surface area contributed by atoms with Crippen molar-refractivity contribution in [1.82, 2.24) is 30.0 Å². The highest BCUT2D eigenvalue weighted by molar-refractivity contribution is 8.06. The minimum atomic E-state index is -0.235. The normalized spacial score (nSPS) is 15.8.